The van der Waals surface area contributed by atoms with Gasteiger partial charge in [-0.1, -0.05) is 19.9 Å². The highest BCUT2D eigenvalue weighted by atomic mass is 16.5. The molecule has 1 aliphatic carbocycles. The van der Waals surface area contributed by atoms with Gasteiger partial charge in [0.15, 0.2) is 23.0 Å². The van der Waals surface area contributed by atoms with Crippen LogP contribution in [0.5, 0.6) is 23.0 Å². The van der Waals surface area contributed by atoms with Gasteiger partial charge in [0.2, 0.25) is 0 Å². The van der Waals surface area contributed by atoms with Gasteiger partial charge in [-0.25, -0.2) is 0 Å². The van der Waals surface area contributed by atoms with Crippen LogP contribution in [-0.4, -0.2) is 28.4 Å². The van der Waals surface area contributed by atoms with Crippen molar-refractivity contribution < 1.29 is 18.9 Å². The second kappa shape index (κ2) is 7.48. The van der Waals surface area contributed by atoms with Crippen LogP contribution in [0.25, 0.3) is 0 Å². The van der Waals surface area contributed by atoms with E-state index in [0.717, 1.165) is 29.4 Å². The average Bonchev–Trinajstić information content (AvgIpc) is 2.67. The maximum Gasteiger partial charge on any atom is 0.161 e. The molecular weight excluding hydrogens is 328 g/mol. The highest BCUT2D eigenvalue weighted by Crippen LogP contribution is 2.47. The Labute approximate surface area is 156 Å². The monoisotopic (exact) mass is 356 g/mol. The fourth-order valence-electron chi connectivity index (χ4n) is 4.08. The smallest absolute Gasteiger partial charge is 0.161 e. The predicted octanol–water partition coefficient (Wildman–Crippen LogP) is 4.68. The second-order valence-electron chi connectivity index (χ2n) is 7.04. The molecule has 4 nitrogen and oxygen atoms in total. The van der Waals surface area contributed by atoms with Crippen molar-refractivity contribution in [2.45, 2.75) is 26.2 Å². The molecule has 0 radical (unpaired) electrons. The standard InChI is InChI=1S/C22H28O4/c1-13-9-16-11-20(25-5)21(26-6)12-17(16)22(14(13)2)15-7-8-18(23-3)19(10-15)24-4/h7-8,10-14,22H,9H2,1-6H3/t13-,14+,22?/m0/s1. The summed E-state index contributed by atoms with van der Waals surface area (Å²) in [4.78, 5) is 0. The maximum atomic E-state index is 5.56. The van der Waals surface area contributed by atoms with E-state index in [-0.39, 0.29) is 5.92 Å². The Bertz CT molecular complexity index is 784. The van der Waals surface area contributed by atoms with E-state index in [4.69, 9.17) is 18.9 Å². The van der Waals surface area contributed by atoms with Gasteiger partial charge in [0.05, 0.1) is 28.4 Å². The zero-order valence-electron chi connectivity index (χ0n) is 16.5. The van der Waals surface area contributed by atoms with Crippen molar-refractivity contribution in [2.24, 2.45) is 11.8 Å². The summed E-state index contributed by atoms with van der Waals surface area (Å²) in [6.45, 7) is 4.64. The number of fused-ring (bicyclic) bond motifs is 1. The van der Waals surface area contributed by atoms with Gasteiger partial charge in [-0.2, -0.15) is 0 Å². The van der Waals surface area contributed by atoms with Crippen LogP contribution < -0.4 is 18.9 Å². The number of ether oxygens (including phenoxy) is 4. The minimum absolute atomic E-state index is 0.272. The summed E-state index contributed by atoms with van der Waals surface area (Å²) in [6, 6.07) is 10.5. The minimum Gasteiger partial charge on any atom is -0.493 e. The molecule has 0 heterocycles. The SMILES string of the molecule is COc1ccc(C2c3cc(OC)c(OC)cc3C[C@H](C)[C@H]2C)cc1OC. The van der Waals surface area contributed by atoms with E-state index >= 15 is 0 Å². The molecule has 0 amide bonds. The molecular formula is C22H28O4. The van der Waals surface area contributed by atoms with Crippen LogP contribution in [-0.2, 0) is 6.42 Å². The summed E-state index contributed by atoms with van der Waals surface area (Å²) < 4.78 is 22.0. The first-order valence-corrected chi connectivity index (χ1v) is 9.00. The lowest BCUT2D eigenvalue weighted by atomic mass is 9.68. The van der Waals surface area contributed by atoms with Crippen molar-refractivity contribution in [3.63, 3.8) is 0 Å². The van der Waals surface area contributed by atoms with Crippen LogP contribution in [0, 0.1) is 11.8 Å². The number of hydrogen-bond donors (Lipinski definition) is 0. The summed E-state index contributed by atoms with van der Waals surface area (Å²) in [5.74, 6) is 4.42. The molecule has 1 unspecified atom stereocenters. The topological polar surface area (TPSA) is 36.9 Å². The molecule has 0 N–H and O–H groups in total. The number of methoxy groups -OCH3 is 4. The zero-order chi connectivity index (χ0) is 18.8. The summed E-state index contributed by atoms with van der Waals surface area (Å²) >= 11 is 0. The Morgan fingerprint density at radius 1 is 0.731 bits per heavy atom. The van der Waals surface area contributed by atoms with Crippen molar-refractivity contribution >= 4 is 0 Å². The summed E-state index contributed by atoms with van der Waals surface area (Å²) in [5, 5.41) is 0. The van der Waals surface area contributed by atoms with Gasteiger partial charge in [-0.05, 0) is 59.2 Å². The number of rotatable bonds is 5. The molecule has 0 saturated heterocycles. The van der Waals surface area contributed by atoms with Gasteiger partial charge in [0.1, 0.15) is 0 Å². The second-order valence-corrected chi connectivity index (χ2v) is 7.04. The number of hydrogen-bond acceptors (Lipinski definition) is 4. The van der Waals surface area contributed by atoms with Gasteiger partial charge < -0.3 is 18.9 Å². The molecule has 26 heavy (non-hydrogen) atoms. The van der Waals surface area contributed by atoms with E-state index in [0.29, 0.717) is 11.8 Å². The largest absolute Gasteiger partial charge is 0.493 e. The Morgan fingerprint density at radius 3 is 1.92 bits per heavy atom. The third-order valence-electron chi connectivity index (χ3n) is 5.71. The van der Waals surface area contributed by atoms with Gasteiger partial charge in [0.25, 0.3) is 0 Å². The van der Waals surface area contributed by atoms with Gasteiger partial charge >= 0.3 is 0 Å². The molecule has 0 saturated carbocycles. The Morgan fingerprint density at radius 2 is 1.31 bits per heavy atom. The molecule has 0 aromatic heterocycles. The van der Waals surface area contributed by atoms with Gasteiger partial charge in [0, 0.05) is 5.92 Å². The third kappa shape index (κ3) is 3.09. The minimum atomic E-state index is 0.272. The summed E-state index contributed by atoms with van der Waals surface area (Å²) in [5.41, 5.74) is 3.86. The maximum absolute atomic E-state index is 5.56. The van der Waals surface area contributed by atoms with Crippen LogP contribution in [0.1, 0.15) is 36.5 Å². The summed E-state index contributed by atoms with van der Waals surface area (Å²) in [7, 11) is 6.71. The van der Waals surface area contributed by atoms with Crippen molar-refractivity contribution in [1.82, 2.24) is 0 Å². The molecule has 140 valence electrons. The molecule has 2 aromatic carbocycles. The van der Waals surface area contributed by atoms with E-state index in [2.05, 4.69) is 38.1 Å². The van der Waals surface area contributed by atoms with E-state index in [9.17, 15) is 0 Å². The average molecular weight is 356 g/mol. The summed E-state index contributed by atoms with van der Waals surface area (Å²) in [6.07, 6.45) is 1.04. The van der Waals surface area contributed by atoms with Crippen molar-refractivity contribution in [2.75, 3.05) is 28.4 Å². The lowest BCUT2D eigenvalue weighted by molar-refractivity contribution is 0.316. The fraction of sp³-hybridized carbons (Fsp3) is 0.455. The molecule has 4 heteroatoms. The predicted molar refractivity (Wildman–Crippen MR) is 103 cm³/mol. The molecule has 0 aliphatic heterocycles. The molecule has 0 spiro atoms. The Balaban J connectivity index is 2.15. The quantitative estimate of drug-likeness (QED) is 0.779. The lowest BCUT2D eigenvalue weighted by Crippen LogP contribution is -2.27. The molecule has 2 aromatic rings. The zero-order valence-corrected chi connectivity index (χ0v) is 16.5. The normalized spacial score (nSPS) is 21.7. The van der Waals surface area contributed by atoms with Crippen molar-refractivity contribution in [1.29, 1.82) is 0 Å². The van der Waals surface area contributed by atoms with Crippen LogP contribution in [0.15, 0.2) is 30.3 Å². The third-order valence-corrected chi connectivity index (χ3v) is 5.71. The molecule has 3 atom stereocenters. The Hall–Kier alpha value is -2.36. The lowest BCUT2D eigenvalue weighted by Gasteiger charge is -2.37. The van der Waals surface area contributed by atoms with Crippen LogP contribution in [0.2, 0.25) is 0 Å². The molecule has 3 rings (SSSR count). The first-order valence-electron chi connectivity index (χ1n) is 9.00. The highest BCUT2D eigenvalue weighted by Gasteiger charge is 2.34. The van der Waals surface area contributed by atoms with E-state index < -0.39 is 0 Å². The van der Waals surface area contributed by atoms with Crippen LogP contribution >= 0.6 is 0 Å². The van der Waals surface area contributed by atoms with Crippen molar-refractivity contribution in [3.8, 4) is 23.0 Å². The first-order chi connectivity index (χ1) is 12.5. The van der Waals surface area contributed by atoms with E-state index in [1.807, 2.05) is 6.07 Å². The molecule has 0 fully saturated rings. The van der Waals surface area contributed by atoms with Crippen LogP contribution in [0.4, 0.5) is 0 Å². The fourth-order valence-corrected chi connectivity index (χ4v) is 4.08. The Kier molecular flexibility index (Phi) is 5.30. The first kappa shape index (κ1) is 18.4. The van der Waals surface area contributed by atoms with E-state index in [1.165, 1.54) is 16.7 Å². The molecule has 1 aliphatic rings. The number of benzene rings is 2. The van der Waals surface area contributed by atoms with Gasteiger partial charge in [-0.15, -0.1) is 0 Å². The molecule has 0 bridgehead atoms. The van der Waals surface area contributed by atoms with E-state index in [1.54, 1.807) is 28.4 Å². The van der Waals surface area contributed by atoms with Crippen LogP contribution in [0.3, 0.4) is 0 Å². The van der Waals surface area contributed by atoms with Gasteiger partial charge in [-0.3, -0.25) is 0 Å². The highest BCUT2D eigenvalue weighted by molar-refractivity contribution is 5.54. The van der Waals surface area contributed by atoms with Crippen molar-refractivity contribution in [3.05, 3.63) is 47.0 Å².